The van der Waals surface area contributed by atoms with E-state index >= 15 is 0 Å². The van der Waals surface area contributed by atoms with Gasteiger partial charge in [0.25, 0.3) is 0 Å². The monoisotopic (exact) mass is 304 g/mol. The fourth-order valence-electron chi connectivity index (χ4n) is 1.99. The van der Waals surface area contributed by atoms with Crippen molar-refractivity contribution in [1.29, 1.82) is 0 Å². The molecule has 0 spiro atoms. The van der Waals surface area contributed by atoms with Gasteiger partial charge in [0.05, 0.1) is 11.3 Å². The average molecular weight is 304 g/mol. The van der Waals surface area contributed by atoms with E-state index in [9.17, 15) is 13.6 Å². The number of ketones is 1. The number of halogens is 2. The van der Waals surface area contributed by atoms with Crippen LogP contribution < -0.4 is 0 Å². The van der Waals surface area contributed by atoms with E-state index in [0.29, 0.717) is 16.0 Å². The second-order valence-corrected chi connectivity index (χ2v) is 5.48. The topological polar surface area (TPSA) is 30.2 Å². The highest BCUT2D eigenvalue weighted by atomic mass is 32.2. The number of benzene rings is 2. The Labute approximate surface area is 123 Å². The fourth-order valence-corrected chi connectivity index (χ4v) is 2.79. The molecule has 0 aliphatic rings. The maximum Gasteiger partial charge on any atom is 0.176 e. The lowest BCUT2D eigenvalue weighted by Crippen LogP contribution is -2.01. The molecule has 1 heterocycles. The molecule has 0 unspecified atom stereocenters. The number of fused-ring (bicyclic) bond motifs is 1. The van der Waals surface area contributed by atoms with Crippen LogP contribution in [0.1, 0.15) is 10.4 Å². The van der Waals surface area contributed by atoms with Gasteiger partial charge in [0.1, 0.15) is 11.8 Å². The number of hydrogen-bond acceptors (Lipinski definition) is 3. The summed E-state index contributed by atoms with van der Waals surface area (Å²) in [5.74, 6) is -1.79. The Morgan fingerprint density at radius 3 is 2.71 bits per heavy atom. The third kappa shape index (κ3) is 2.83. The number of thioether (sulfide) groups is 1. The van der Waals surface area contributed by atoms with Crippen LogP contribution in [-0.2, 0) is 0 Å². The summed E-state index contributed by atoms with van der Waals surface area (Å²) >= 11 is 1.16. The molecule has 0 fully saturated rings. The Balaban J connectivity index is 1.76. The standard InChI is InChI=1S/C16H10F2O2S/c17-13-6-5-10(7-14(13)18)21-9-15(19)12-8-20-16-4-2-1-3-11(12)16/h1-8H,9H2. The predicted octanol–water partition coefficient (Wildman–Crippen LogP) is 4.69. The summed E-state index contributed by atoms with van der Waals surface area (Å²) in [6.45, 7) is 0. The minimum atomic E-state index is -0.916. The number of hydrogen-bond donors (Lipinski definition) is 0. The van der Waals surface area contributed by atoms with Crippen molar-refractivity contribution in [3.8, 4) is 0 Å². The first kappa shape index (κ1) is 13.8. The Morgan fingerprint density at radius 2 is 1.90 bits per heavy atom. The second kappa shape index (κ2) is 5.69. The van der Waals surface area contributed by atoms with Crippen molar-refractivity contribution in [2.75, 3.05) is 5.75 Å². The Morgan fingerprint density at radius 1 is 1.10 bits per heavy atom. The van der Waals surface area contributed by atoms with Gasteiger partial charge >= 0.3 is 0 Å². The van der Waals surface area contributed by atoms with Crippen molar-refractivity contribution in [1.82, 2.24) is 0 Å². The van der Waals surface area contributed by atoms with Crippen LogP contribution in [0.3, 0.4) is 0 Å². The van der Waals surface area contributed by atoms with Crippen molar-refractivity contribution < 1.29 is 18.0 Å². The van der Waals surface area contributed by atoms with Crippen molar-refractivity contribution in [3.63, 3.8) is 0 Å². The van der Waals surface area contributed by atoms with Gasteiger partial charge < -0.3 is 4.42 Å². The molecule has 0 bridgehead atoms. The van der Waals surface area contributed by atoms with Crippen molar-refractivity contribution in [2.45, 2.75) is 4.90 Å². The first-order valence-corrected chi connectivity index (χ1v) is 7.21. The highest BCUT2D eigenvalue weighted by Gasteiger charge is 2.14. The molecule has 3 rings (SSSR count). The van der Waals surface area contributed by atoms with Crippen LogP contribution in [0.2, 0.25) is 0 Å². The molecule has 5 heteroatoms. The van der Waals surface area contributed by atoms with E-state index in [0.717, 1.165) is 29.3 Å². The number of Topliss-reactive ketones (excluding diaryl/α,β-unsaturated/α-hetero) is 1. The zero-order valence-corrected chi connectivity index (χ0v) is 11.6. The summed E-state index contributed by atoms with van der Waals surface area (Å²) < 4.78 is 31.2. The number of carbonyl (C=O) groups is 1. The van der Waals surface area contributed by atoms with Gasteiger partial charge in [0, 0.05) is 10.3 Å². The van der Waals surface area contributed by atoms with E-state index in [2.05, 4.69) is 0 Å². The molecule has 0 aliphatic heterocycles. The number of carbonyl (C=O) groups excluding carboxylic acids is 1. The van der Waals surface area contributed by atoms with Crippen molar-refractivity contribution in [2.24, 2.45) is 0 Å². The van der Waals surface area contributed by atoms with E-state index in [1.807, 2.05) is 18.2 Å². The molecular weight excluding hydrogens is 294 g/mol. The van der Waals surface area contributed by atoms with Gasteiger partial charge in [-0.3, -0.25) is 4.79 Å². The molecule has 21 heavy (non-hydrogen) atoms. The minimum Gasteiger partial charge on any atom is -0.464 e. The Kier molecular flexibility index (Phi) is 3.75. The number of furan rings is 1. The first-order valence-electron chi connectivity index (χ1n) is 6.22. The molecule has 0 saturated heterocycles. The Bertz CT molecular complexity index is 811. The van der Waals surface area contributed by atoms with Crippen molar-refractivity contribution >= 4 is 28.5 Å². The Hall–Kier alpha value is -2.14. The van der Waals surface area contributed by atoms with Crippen LogP contribution >= 0.6 is 11.8 Å². The van der Waals surface area contributed by atoms with E-state index in [1.54, 1.807) is 6.07 Å². The third-order valence-corrected chi connectivity index (χ3v) is 4.04. The largest absolute Gasteiger partial charge is 0.464 e. The quantitative estimate of drug-likeness (QED) is 0.517. The highest BCUT2D eigenvalue weighted by molar-refractivity contribution is 8.00. The zero-order chi connectivity index (χ0) is 14.8. The van der Waals surface area contributed by atoms with Gasteiger partial charge in [-0.05, 0) is 24.3 Å². The van der Waals surface area contributed by atoms with Gasteiger partial charge in [0.15, 0.2) is 17.4 Å². The lowest BCUT2D eigenvalue weighted by molar-refractivity contribution is 0.102. The molecule has 106 valence electrons. The molecule has 1 aromatic heterocycles. The van der Waals surface area contributed by atoms with E-state index in [-0.39, 0.29) is 11.5 Å². The third-order valence-electron chi connectivity index (χ3n) is 3.04. The molecule has 0 aliphatic carbocycles. The lowest BCUT2D eigenvalue weighted by Gasteiger charge is -2.01. The molecule has 0 atom stereocenters. The van der Waals surface area contributed by atoms with Gasteiger partial charge in [0.2, 0.25) is 0 Å². The molecule has 0 N–H and O–H groups in total. The maximum atomic E-state index is 13.1. The van der Waals surface area contributed by atoms with E-state index in [1.165, 1.54) is 12.3 Å². The number of rotatable bonds is 4. The van der Waals surface area contributed by atoms with Crippen LogP contribution in [0.4, 0.5) is 8.78 Å². The minimum absolute atomic E-state index is 0.116. The van der Waals surface area contributed by atoms with E-state index < -0.39 is 11.6 Å². The first-order chi connectivity index (χ1) is 10.1. The summed E-state index contributed by atoms with van der Waals surface area (Å²) in [5, 5.41) is 0.758. The van der Waals surface area contributed by atoms with Gasteiger partial charge in [-0.25, -0.2) is 8.78 Å². The van der Waals surface area contributed by atoms with Crippen LogP contribution in [0.25, 0.3) is 11.0 Å². The number of para-hydroxylation sites is 1. The smallest absolute Gasteiger partial charge is 0.176 e. The van der Waals surface area contributed by atoms with Gasteiger partial charge in [-0.2, -0.15) is 0 Å². The molecule has 0 saturated carbocycles. The average Bonchev–Trinajstić information content (AvgIpc) is 2.92. The van der Waals surface area contributed by atoms with Gasteiger partial charge in [-0.1, -0.05) is 18.2 Å². The predicted molar refractivity (Wildman–Crippen MR) is 77.6 cm³/mol. The SMILES string of the molecule is O=C(CSc1ccc(F)c(F)c1)c1coc2ccccc12. The summed E-state index contributed by atoms with van der Waals surface area (Å²) in [5.41, 5.74) is 1.15. The summed E-state index contributed by atoms with van der Waals surface area (Å²) in [6.07, 6.45) is 1.43. The lowest BCUT2D eigenvalue weighted by atomic mass is 10.1. The fraction of sp³-hybridized carbons (Fsp3) is 0.0625. The maximum absolute atomic E-state index is 13.1. The summed E-state index contributed by atoms with van der Waals surface area (Å²) in [7, 11) is 0. The van der Waals surface area contributed by atoms with Crippen LogP contribution in [0.5, 0.6) is 0 Å². The summed E-state index contributed by atoms with van der Waals surface area (Å²) in [4.78, 5) is 12.7. The summed E-state index contributed by atoms with van der Waals surface area (Å²) in [6, 6.07) is 10.8. The molecule has 0 amide bonds. The second-order valence-electron chi connectivity index (χ2n) is 4.43. The van der Waals surface area contributed by atoms with Crippen LogP contribution in [0, 0.1) is 11.6 Å². The molecule has 3 aromatic rings. The molecule has 0 radical (unpaired) electrons. The zero-order valence-electron chi connectivity index (χ0n) is 10.8. The van der Waals surface area contributed by atoms with Crippen LogP contribution in [0.15, 0.2) is 58.0 Å². The van der Waals surface area contributed by atoms with E-state index in [4.69, 9.17) is 4.42 Å². The normalized spacial score (nSPS) is 11.0. The van der Waals surface area contributed by atoms with Crippen molar-refractivity contribution in [3.05, 3.63) is 65.9 Å². The highest BCUT2D eigenvalue weighted by Crippen LogP contribution is 2.25. The van der Waals surface area contributed by atoms with Crippen LogP contribution in [-0.4, -0.2) is 11.5 Å². The molecular formula is C16H10F2O2S. The van der Waals surface area contributed by atoms with Gasteiger partial charge in [-0.15, -0.1) is 11.8 Å². The molecule has 2 aromatic carbocycles. The molecule has 2 nitrogen and oxygen atoms in total.